The van der Waals surface area contributed by atoms with E-state index in [0.29, 0.717) is 0 Å². The number of imidazole rings is 1. The van der Waals surface area contributed by atoms with Crippen LogP contribution in [-0.4, -0.2) is 9.55 Å². The van der Waals surface area contributed by atoms with Gasteiger partial charge in [-0.2, -0.15) is 0 Å². The molecule has 2 aromatic carbocycles. The zero-order chi connectivity index (χ0) is 24.5. The number of benzene rings is 2. The molecule has 0 spiro atoms. The minimum atomic E-state index is 0.260. The van der Waals surface area contributed by atoms with Gasteiger partial charge < -0.3 is 4.42 Å². The van der Waals surface area contributed by atoms with Crippen LogP contribution >= 0.6 is 0 Å². The number of furan rings is 1. The van der Waals surface area contributed by atoms with E-state index in [0.717, 1.165) is 47.1 Å². The lowest BCUT2D eigenvalue weighted by molar-refractivity contribution is -0.662. The largest absolute Gasteiger partial charge is 0.437 e. The molecule has 0 unspecified atom stereocenters. The third kappa shape index (κ3) is 3.57. The van der Waals surface area contributed by atoms with Crippen LogP contribution in [0.4, 0.5) is 0 Å². The highest BCUT2D eigenvalue weighted by Crippen LogP contribution is 2.39. The Hall–Kier alpha value is -3.14. The first kappa shape index (κ1) is 22.3. The summed E-state index contributed by atoms with van der Waals surface area (Å²) in [5.74, 6) is 1.25. The maximum Gasteiger partial charge on any atom is 0.293 e. The summed E-state index contributed by atoms with van der Waals surface area (Å²) in [6.45, 7) is 12.3. The van der Waals surface area contributed by atoms with Gasteiger partial charge in [0.05, 0.1) is 13.6 Å². The van der Waals surface area contributed by atoms with E-state index in [4.69, 9.17) is 9.40 Å². The van der Waals surface area contributed by atoms with Crippen molar-refractivity contribution in [1.82, 2.24) is 9.55 Å². The van der Waals surface area contributed by atoms with Gasteiger partial charge in [0.2, 0.25) is 5.71 Å². The second-order valence-electron chi connectivity index (χ2n) is 11.7. The summed E-state index contributed by atoms with van der Waals surface area (Å²) in [7, 11) is 2.22. The van der Waals surface area contributed by atoms with Crippen molar-refractivity contribution >= 4 is 33.1 Å². The van der Waals surface area contributed by atoms with Crippen molar-refractivity contribution < 1.29 is 8.98 Å². The van der Waals surface area contributed by atoms with Crippen molar-refractivity contribution in [3.05, 3.63) is 58.8 Å². The average Bonchev–Trinajstić information content (AvgIpc) is 3.26. The van der Waals surface area contributed by atoms with Gasteiger partial charge in [0.1, 0.15) is 5.56 Å². The van der Waals surface area contributed by atoms with Gasteiger partial charge in [-0.3, -0.25) is 0 Å². The molecule has 35 heavy (non-hydrogen) atoms. The third-order valence-corrected chi connectivity index (χ3v) is 7.67. The molecule has 3 aromatic heterocycles. The predicted molar refractivity (Wildman–Crippen MR) is 144 cm³/mol. The standard InChI is InChI=1S/C31H36N3O/c1-19-11-14-23-24-15-12-20(2)32-29(24)35-28(23)26(19)30-33(6)25-16-13-21(18-31(3,4)5)22-10-8-7-9-17-34(30)27(22)25/h11-16H,7-10,17-18H2,1-6H3/q+1. The molecule has 4 nitrogen and oxygen atoms in total. The van der Waals surface area contributed by atoms with Crippen LogP contribution in [0, 0.1) is 19.3 Å². The summed E-state index contributed by atoms with van der Waals surface area (Å²) in [6.07, 6.45) is 6.00. The Bertz CT molecular complexity index is 1610. The second kappa shape index (κ2) is 7.94. The Morgan fingerprint density at radius 1 is 0.971 bits per heavy atom. The average molecular weight is 467 g/mol. The van der Waals surface area contributed by atoms with Crippen LogP contribution < -0.4 is 4.57 Å². The number of rotatable bonds is 2. The van der Waals surface area contributed by atoms with E-state index < -0.39 is 0 Å². The molecule has 0 N–H and O–H groups in total. The number of fused-ring (bicyclic) bond motifs is 3. The first-order chi connectivity index (χ1) is 16.7. The number of aryl methyl sites for hydroxylation is 5. The van der Waals surface area contributed by atoms with Gasteiger partial charge in [0, 0.05) is 22.0 Å². The van der Waals surface area contributed by atoms with Crippen LogP contribution in [0.25, 0.3) is 44.5 Å². The summed E-state index contributed by atoms with van der Waals surface area (Å²) in [5.41, 5.74) is 11.1. The van der Waals surface area contributed by atoms with E-state index in [1.807, 2.05) is 6.92 Å². The van der Waals surface area contributed by atoms with Gasteiger partial charge in [-0.1, -0.05) is 39.0 Å². The quantitative estimate of drug-likeness (QED) is 0.255. The number of nitrogens with zero attached hydrogens (tertiary/aromatic N) is 3. The Morgan fingerprint density at radius 2 is 1.77 bits per heavy atom. The van der Waals surface area contributed by atoms with Gasteiger partial charge in [-0.25, -0.2) is 14.1 Å². The van der Waals surface area contributed by atoms with Crippen molar-refractivity contribution in [1.29, 1.82) is 0 Å². The minimum Gasteiger partial charge on any atom is -0.437 e. The fourth-order valence-corrected chi connectivity index (χ4v) is 6.11. The molecular weight excluding hydrogens is 430 g/mol. The fourth-order valence-electron chi connectivity index (χ4n) is 6.11. The molecule has 0 saturated carbocycles. The SMILES string of the molecule is Cc1ccc2c(n1)oc1c(-c3n(C)c4ccc(CC(C)(C)C)c5c4[n+]3CCCCC5)c(C)ccc12. The Balaban J connectivity index is 1.71. The van der Waals surface area contributed by atoms with E-state index in [9.17, 15) is 0 Å². The number of hydrogen-bond donors (Lipinski definition) is 0. The highest BCUT2D eigenvalue weighted by atomic mass is 16.3. The maximum atomic E-state index is 6.51. The summed E-state index contributed by atoms with van der Waals surface area (Å²) in [5, 5.41) is 2.23. The summed E-state index contributed by atoms with van der Waals surface area (Å²) >= 11 is 0. The zero-order valence-electron chi connectivity index (χ0n) is 22.0. The van der Waals surface area contributed by atoms with Crippen LogP contribution in [0.15, 0.2) is 40.8 Å². The van der Waals surface area contributed by atoms with Crippen LogP contribution in [0.1, 0.15) is 62.4 Å². The van der Waals surface area contributed by atoms with Crippen LogP contribution in [0.5, 0.6) is 0 Å². The summed E-state index contributed by atoms with van der Waals surface area (Å²) < 4.78 is 11.5. The normalized spacial score (nSPS) is 14.7. The van der Waals surface area contributed by atoms with E-state index in [1.165, 1.54) is 52.8 Å². The molecule has 0 fully saturated rings. The highest BCUT2D eigenvalue weighted by molar-refractivity contribution is 6.08. The lowest BCUT2D eigenvalue weighted by Gasteiger charge is -2.21. The molecular formula is C31H36N3O+. The number of hydrogen-bond acceptors (Lipinski definition) is 2. The molecule has 1 aliphatic rings. The van der Waals surface area contributed by atoms with Gasteiger partial charge >= 0.3 is 0 Å². The molecule has 180 valence electrons. The monoisotopic (exact) mass is 466 g/mol. The molecule has 5 aromatic rings. The molecule has 0 atom stereocenters. The second-order valence-corrected chi connectivity index (χ2v) is 11.7. The zero-order valence-corrected chi connectivity index (χ0v) is 22.0. The topological polar surface area (TPSA) is 34.8 Å². The molecule has 6 rings (SSSR count). The van der Waals surface area contributed by atoms with Gasteiger partial charge in [0.25, 0.3) is 5.82 Å². The van der Waals surface area contributed by atoms with E-state index in [-0.39, 0.29) is 5.41 Å². The molecule has 0 amide bonds. The third-order valence-electron chi connectivity index (χ3n) is 7.67. The van der Waals surface area contributed by atoms with Crippen molar-refractivity contribution in [2.75, 3.05) is 0 Å². The molecule has 0 bridgehead atoms. The highest BCUT2D eigenvalue weighted by Gasteiger charge is 2.32. The molecule has 0 aliphatic carbocycles. The lowest BCUT2D eigenvalue weighted by atomic mass is 9.84. The van der Waals surface area contributed by atoms with E-state index in [1.54, 1.807) is 5.56 Å². The first-order valence-corrected chi connectivity index (χ1v) is 13.1. The van der Waals surface area contributed by atoms with Gasteiger partial charge in [0.15, 0.2) is 16.6 Å². The first-order valence-electron chi connectivity index (χ1n) is 13.1. The molecule has 0 saturated heterocycles. The Kier molecular flexibility index (Phi) is 5.07. The summed E-state index contributed by atoms with van der Waals surface area (Å²) in [4.78, 5) is 4.70. The molecule has 0 radical (unpaired) electrons. The minimum absolute atomic E-state index is 0.260. The van der Waals surface area contributed by atoms with E-state index >= 15 is 0 Å². The predicted octanol–water partition coefficient (Wildman–Crippen LogP) is 7.36. The smallest absolute Gasteiger partial charge is 0.293 e. The van der Waals surface area contributed by atoms with E-state index in [2.05, 4.69) is 80.3 Å². The van der Waals surface area contributed by atoms with Crippen molar-refractivity contribution in [3.8, 4) is 11.4 Å². The Labute approximate surface area is 207 Å². The molecule has 1 aliphatic heterocycles. The van der Waals surface area contributed by atoms with Crippen LogP contribution in [-0.2, 0) is 26.4 Å². The maximum absolute atomic E-state index is 6.51. The van der Waals surface area contributed by atoms with Gasteiger partial charge in [-0.15, -0.1) is 0 Å². The molecule has 4 heterocycles. The van der Waals surface area contributed by atoms with Crippen molar-refractivity contribution in [2.24, 2.45) is 12.5 Å². The number of pyridine rings is 1. The van der Waals surface area contributed by atoms with Gasteiger partial charge in [-0.05, 0) is 80.7 Å². The van der Waals surface area contributed by atoms with Crippen molar-refractivity contribution in [2.45, 2.75) is 73.3 Å². The molecule has 4 heteroatoms. The van der Waals surface area contributed by atoms with Crippen molar-refractivity contribution in [3.63, 3.8) is 0 Å². The number of aromatic nitrogens is 3. The lowest BCUT2D eigenvalue weighted by Crippen LogP contribution is -2.37. The van der Waals surface area contributed by atoms with Crippen LogP contribution in [0.2, 0.25) is 0 Å². The van der Waals surface area contributed by atoms with Crippen LogP contribution in [0.3, 0.4) is 0 Å². The fraction of sp³-hybridized carbons (Fsp3) is 0.419. The summed E-state index contributed by atoms with van der Waals surface area (Å²) in [6, 6.07) is 13.4. The Morgan fingerprint density at radius 3 is 2.57 bits per heavy atom.